The lowest BCUT2D eigenvalue weighted by Crippen LogP contribution is -2.55. The molecule has 1 heterocycles. The number of amides is 1. The number of nitrogens with two attached hydrogens (primary N) is 1. The summed E-state index contributed by atoms with van der Waals surface area (Å²) in [7, 11) is 0. The van der Waals surface area contributed by atoms with Crippen molar-refractivity contribution in [2.45, 2.75) is 129 Å². The molecule has 1 amide bonds. The van der Waals surface area contributed by atoms with Crippen LogP contribution in [-0.4, -0.2) is 63.7 Å². The van der Waals surface area contributed by atoms with Crippen molar-refractivity contribution in [3.8, 4) is 0 Å². The first kappa shape index (κ1) is 28.4. The lowest BCUT2D eigenvalue weighted by atomic mass is 9.84. The zero-order valence-electron chi connectivity index (χ0n) is 21.0. The molecule has 5 atom stereocenters. The van der Waals surface area contributed by atoms with E-state index in [9.17, 15) is 19.5 Å². The average molecular weight is 456 g/mol. The third kappa shape index (κ3) is 9.06. The predicted octanol–water partition coefficient (Wildman–Crippen LogP) is 3.07. The molecule has 0 unspecified atom stereocenters. The van der Waals surface area contributed by atoms with Gasteiger partial charge in [0.2, 0.25) is 5.91 Å². The first-order valence-corrected chi connectivity index (χ1v) is 12.1. The second-order valence-corrected chi connectivity index (χ2v) is 10.5. The maximum absolute atomic E-state index is 13.1. The van der Waals surface area contributed by atoms with E-state index in [1.807, 2.05) is 27.7 Å². The molecule has 0 aromatic heterocycles. The molecule has 0 aromatic carbocycles. The van der Waals surface area contributed by atoms with Gasteiger partial charge in [0.15, 0.2) is 0 Å². The molecule has 32 heavy (non-hydrogen) atoms. The Bertz CT molecular complexity index is 626. The van der Waals surface area contributed by atoms with Crippen LogP contribution in [0.3, 0.4) is 0 Å². The lowest BCUT2D eigenvalue weighted by molar-refractivity contribution is -0.153. The van der Waals surface area contributed by atoms with Gasteiger partial charge in [-0.15, -0.1) is 0 Å². The number of aliphatic carboxylic acids is 1. The van der Waals surface area contributed by atoms with E-state index in [-0.39, 0.29) is 35.5 Å². The Balaban J connectivity index is 0.000000920. The quantitative estimate of drug-likeness (QED) is 0.481. The van der Waals surface area contributed by atoms with Gasteiger partial charge in [-0.3, -0.25) is 14.9 Å². The molecule has 0 spiro atoms. The summed E-state index contributed by atoms with van der Waals surface area (Å²) in [5.41, 5.74) is 5.35. The SMILES string of the molecule is CC(C)(C)N.CCC[C@H](N[C@@H](C)C(=O)N1[C@H](C(=O)O)C[C@@H]2CCCC[C@@H]21)C(=O)OC(C)C. The number of hydrogen-bond acceptors (Lipinski definition) is 6. The van der Waals surface area contributed by atoms with Crippen LogP contribution in [0.5, 0.6) is 0 Å². The minimum Gasteiger partial charge on any atom is -0.480 e. The number of esters is 1. The largest absolute Gasteiger partial charge is 0.480 e. The summed E-state index contributed by atoms with van der Waals surface area (Å²) in [5, 5.41) is 12.7. The maximum Gasteiger partial charge on any atom is 0.326 e. The molecule has 1 saturated heterocycles. The van der Waals surface area contributed by atoms with Crippen molar-refractivity contribution >= 4 is 17.8 Å². The molecule has 1 aliphatic carbocycles. The summed E-state index contributed by atoms with van der Waals surface area (Å²) in [6, 6.07) is -1.96. The smallest absolute Gasteiger partial charge is 0.326 e. The van der Waals surface area contributed by atoms with E-state index in [2.05, 4.69) is 5.32 Å². The third-order valence-corrected chi connectivity index (χ3v) is 5.66. The van der Waals surface area contributed by atoms with E-state index in [1.165, 1.54) is 0 Å². The van der Waals surface area contributed by atoms with Gasteiger partial charge in [-0.05, 0) is 73.1 Å². The van der Waals surface area contributed by atoms with Gasteiger partial charge in [0.25, 0.3) is 0 Å². The van der Waals surface area contributed by atoms with Crippen LogP contribution < -0.4 is 11.1 Å². The normalized spacial score (nSPS) is 24.8. The zero-order valence-corrected chi connectivity index (χ0v) is 21.0. The number of rotatable bonds is 8. The van der Waals surface area contributed by atoms with E-state index in [0.717, 1.165) is 32.1 Å². The van der Waals surface area contributed by atoms with Gasteiger partial charge in [-0.25, -0.2) is 4.79 Å². The summed E-state index contributed by atoms with van der Waals surface area (Å²) in [5.74, 6) is -1.25. The first-order chi connectivity index (χ1) is 14.8. The Hall–Kier alpha value is -1.67. The number of carbonyl (C=O) groups is 3. The van der Waals surface area contributed by atoms with Crippen molar-refractivity contribution in [2.75, 3.05) is 0 Å². The van der Waals surface area contributed by atoms with Gasteiger partial charge in [-0.1, -0.05) is 26.2 Å². The number of carboxylic acid groups (broad SMARTS) is 1. The summed E-state index contributed by atoms with van der Waals surface area (Å²) in [4.78, 5) is 38.8. The number of nitrogens with zero attached hydrogens (tertiary/aromatic N) is 1. The van der Waals surface area contributed by atoms with E-state index in [0.29, 0.717) is 12.8 Å². The van der Waals surface area contributed by atoms with Crippen LogP contribution in [0.2, 0.25) is 0 Å². The number of fused-ring (bicyclic) bond motifs is 1. The first-order valence-electron chi connectivity index (χ1n) is 12.1. The Kier molecular flexibility index (Phi) is 11.1. The molecular formula is C24H45N3O5. The van der Waals surface area contributed by atoms with Crippen LogP contribution >= 0.6 is 0 Å². The average Bonchev–Trinajstić information content (AvgIpc) is 3.05. The van der Waals surface area contributed by atoms with Gasteiger partial charge in [0.1, 0.15) is 12.1 Å². The lowest BCUT2D eigenvalue weighted by Gasteiger charge is -2.35. The van der Waals surface area contributed by atoms with E-state index >= 15 is 0 Å². The fraction of sp³-hybridized carbons (Fsp3) is 0.875. The number of carboxylic acids is 1. The monoisotopic (exact) mass is 455 g/mol. The van der Waals surface area contributed by atoms with Gasteiger partial charge >= 0.3 is 11.9 Å². The highest BCUT2D eigenvalue weighted by molar-refractivity contribution is 5.88. The number of nitrogens with one attached hydrogen (secondary N) is 1. The van der Waals surface area contributed by atoms with E-state index < -0.39 is 24.1 Å². The zero-order chi connectivity index (χ0) is 24.6. The number of ether oxygens (including phenoxy) is 1. The second-order valence-electron chi connectivity index (χ2n) is 10.5. The van der Waals surface area contributed by atoms with Crippen molar-refractivity contribution in [3.63, 3.8) is 0 Å². The number of hydrogen-bond donors (Lipinski definition) is 3. The summed E-state index contributed by atoms with van der Waals surface area (Å²) < 4.78 is 5.30. The highest BCUT2D eigenvalue weighted by atomic mass is 16.5. The van der Waals surface area contributed by atoms with Gasteiger partial charge < -0.3 is 20.5 Å². The molecule has 2 fully saturated rings. The van der Waals surface area contributed by atoms with E-state index in [4.69, 9.17) is 10.5 Å². The van der Waals surface area contributed by atoms with Crippen LogP contribution in [0.4, 0.5) is 0 Å². The molecule has 2 aliphatic rings. The number of likely N-dealkylation sites (tertiary alicyclic amines) is 1. The highest BCUT2D eigenvalue weighted by Gasteiger charge is 2.48. The maximum atomic E-state index is 13.1. The Morgan fingerprint density at radius 2 is 1.72 bits per heavy atom. The minimum absolute atomic E-state index is 0. The second kappa shape index (κ2) is 12.5. The molecule has 0 radical (unpaired) electrons. The summed E-state index contributed by atoms with van der Waals surface area (Å²) in [6.07, 6.45) is 5.63. The van der Waals surface area contributed by atoms with Gasteiger partial charge in [-0.2, -0.15) is 0 Å². The Labute approximate surface area is 193 Å². The topological polar surface area (TPSA) is 122 Å². The number of carbonyl (C=O) groups excluding carboxylic acids is 2. The highest BCUT2D eigenvalue weighted by Crippen LogP contribution is 2.40. The van der Waals surface area contributed by atoms with Crippen molar-refractivity contribution in [2.24, 2.45) is 11.7 Å². The molecule has 2 rings (SSSR count). The summed E-state index contributed by atoms with van der Waals surface area (Å²) >= 11 is 0. The van der Waals surface area contributed by atoms with E-state index in [1.54, 1.807) is 25.7 Å². The van der Waals surface area contributed by atoms with Crippen molar-refractivity contribution < 1.29 is 24.2 Å². The van der Waals surface area contributed by atoms with Gasteiger partial charge in [0, 0.05) is 11.6 Å². The molecule has 1 saturated carbocycles. The fourth-order valence-electron chi connectivity index (χ4n) is 4.47. The Morgan fingerprint density at radius 1 is 1.16 bits per heavy atom. The third-order valence-electron chi connectivity index (χ3n) is 5.66. The fourth-order valence-corrected chi connectivity index (χ4v) is 4.47. The minimum atomic E-state index is -0.936. The van der Waals surface area contributed by atoms with Crippen LogP contribution in [0.1, 0.15) is 93.4 Å². The molecule has 0 bridgehead atoms. The Morgan fingerprint density at radius 3 is 2.22 bits per heavy atom. The molecule has 186 valence electrons. The van der Waals surface area contributed by atoms with Crippen LogP contribution in [0.15, 0.2) is 0 Å². The molecule has 8 heteroatoms. The molecule has 1 aliphatic heterocycles. The van der Waals surface area contributed by atoms with Crippen molar-refractivity contribution in [1.29, 1.82) is 0 Å². The molecular weight excluding hydrogens is 410 g/mol. The standard InChI is InChI=1S/C20H34N2O5.C4H11N/c1-5-8-15(20(26)27-12(2)3)21-13(4)18(23)22-16-10-7-6-9-14(16)11-17(22)19(24)25;1-4(2,3)5/h12-17,21H,5-11H2,1-4H3,(H,24,25);5H2,1-3H3/t13-,14-,15-,16-,17-;/m0./s1. The molecule has 0 aromatic rings. The summed E-state index contributed by atoms with van der Waals surface area (Å²) in [6.45, 7) is 13.2. The predicted molar refractivity (Wildman–Crippen MR) is 125 cm³/mol. The van der Waals surface area contributed by atoms with Crippen LogP contribution in [0, 0.1) is 5.92 Å². The van der Waals surface area contributed by atoms with Crippen LogP contribution in [-0.2, 0) is 19.1 Å². The van der Waals surface area contributed by atoms with Crippen LogP contribution in [0.25, 0.3) is 0 Å². The van der Waals surface area contributed by atoms with Crippen molar-refractivity contribution in [1.82, 2.24) is 10.2 Å². The van der Waals surface area contributed by atoms with Crippen molar-refractivity contribution in [3.05, 3.63) is 0 Å². The molecule has 4 N–H and O–H groups in total. The van der Waals surface area contributed by atoms with Gasteiger partial charge in [0.05, 0.1) is 12.1 Å². The molecule has 8 nitrogen and oxygen atoms in total.